The number of nitrogens with two attached hydrogens (primary N) is 1. The Hall–Kier alpha value is -2.69. The second-order valence-electron chi connectivity index (χ2n) is 5.14. The summed E-state index contributed by atoms with van der Waals surface area (Å²) in [7, 11) is 0. The number of anilines is 1. The molecule has 0 aliphatic carbocycles. The molecule has 2 aromatic carbocycles. The third-order valence-corrected chi connectivity index (χ3v) is 3.69. The fourth-order valence-corrected chi connectivity index (χ4v) is 2.68. The molecule has 0 spiro atoms. The summed E-state index contributed by atoms with van der Waals surface area (Å²) in [6.45, 7) is 3.17. The van der Waals surface area contributed by atoms with E-state index in [2.05, 4.69) is 9.97 Å². The molecule has 2 heterocycles. The first-order valence-corrected chi connectivity index (χ1v) is 6.87. The van der Waals surface area contributed by atoms with Crippen molar-refractivity contribution in [3.05, 3.63) is 35.9 Å². The fraction of sp³-hybridized carbons (Fsp3) is 0.188. The number of rotatable bonds is 1. The van der Waals surface area contributed by atoms with Crippen molar-refractivity contribution in [2.45, 2.75) is 6.92 Å². The molecule has 0 amide bonds. The first-order chi connectivity index (χ1) is 10.2. The summed E-state index contributed by atoms with van der Waals surface area (Å²) >= 11 is 0. The second kappa shape index (κ2) is 4.41. The van der Waals surface area contributed by atoms with Crippen molar-refractivity contribution in [3.8, 4) is 22.9 Å². The maximum Gasteiger partial charge on any atom is 0.163 e. The van der Waals surface area contributed by atoms with Crippen molar-refractivity contribution >= 4 is 16.7 Å². The van der Waals surface area contributed by atoms with Gasteiger partial charge in [0.25, 0.3) is 0 Å². The van der Waals surface area contributed by atoms with E-state index in [1.165, 1.54) is 0 Å². The molecule has 0 saturated heterocycles. The molecule has 3 N–H and O–H groups in total. The third kappa shape index (κ3) is 1.89. The monoisotopic (exact) mass is 281 g/mol. The van der Waals surface area contributed by atoms with Crippen LogP contribution in [0.1, 0.15) is 5.56 Å². The van der Waals surface area contributed by atoms with Gasteiger partial charge in [-0.2, -0.15) is 0 Å². The third-order valence-electron chi connectivity index (χ3n) is 3.69. The molecule has 3 aromatic rings. The maximum absolute atomic E-state index is 6.09. The van der Waals surface area contributed by atoms with Crippen molar-refractivity contribution in [3.63, 3.8) is 0 Å². The number of H-pyrrole nitrogens is 1. The van der Waals surface area contributed by atoms with Gasteiger partial charge < -0.3 is 20.2 Å². The molecule has 0 fully saturated rings. The summed E-state index contributed by atoms with van der Waals surface area (Å²) in [5, 5.41) is 0. The zero-order valence-corrected chi connectivity index (χ0v) is 11.6. The summed E-state index contributed by atoms with van der Waals surface area (Å²) < 4.78 is 11.2. The lowest BCUT2D eigenvalue weighted by atomic mass is 10.1. The zero-order valence-electron chi connectivity index (χ0n) is 11.6. The smallest absolute Gasteiger partial charge is 0.163 e. The molecule has 1 aliphatic heterocycles. The van der Waals surface area contributed by atoms with Gasteiger partial charge in [0.05, 0.1) is 11.0 Å². The number of aromatic nitrogens is 2. The average Bonchev–Trinajstić information content (AvgIpc) is 2.86. The van der Waals surface area contributed by atoms with Crippen LogP contribution in [-0.2, 0) is 0 Å². The number of benzene rings is 2. The van der Waals surface area contributed by atoms with E-state index in [4.69, 9.17) is 15.2 Å². The van der Waals surface area contributed by atoms with E-state index in [1.807, 2.05) is 37.3 Å². The molecule has 1 aliphatic rings. The van der Waals surface area contributed by atoms with Crippen molar-refractivity contribution < 1.29 is 9.47 Å². The predicted molar refractivity (Wildman–Crippen MR) is 81.7 cm³/mol. The molecular weight excluding hydrogens is 266 g/mol. The van der Waals surface area contributed by atoms with Crippen LogP contribution < -0.4 is 15.2 Å². The average molecular weight is 281 g/mol. The largest absolute Gasteiger partial charge is 0.486 e. The number of nitrogens with zero attached hydrogens (tertiary/aromatic N) is 1. The van der Waals surface area contributed by atoms with Gasteiger partial charge in [0.15, 0.2) is 11.5 Å². The van der Waals surface area contributed by atoms with Gasteiger partial charge in [-0.1, -0.05) is 12.1 Å². The summed E-state index contributed by atoms with van der Waals surface area (Å²) in [4.78, 5) is 7.96. The molecule has 0 atom stereocenters. The van der Waals surface area contributed by atoms with Crippen LogP contribution in [0.2, 0.25) is 0 Å². The van der Waals surface area contributed by atoms with Crippen molar-refractivity contribution in [2.75, 3.05) is 18.9 Å². The van der Waals surface area contributed by atoms with Crippen molar-refractivity contribution in [2.24, 2.45) is 0 Å². The molecule has 106 valence electrons. The van der Waals surface area contributed by atoms with Gasteiger partial charge in [0, 0.05) is 23.4 Å². The predicted octanol–water partition coefficient (Wildman–Crippen LogP) is 2.89. The highest BCUT2D eigenvalue weighted by molar-refractivity contribution is 5.86. The minimum Gasteiger partial charge on any atom is -0.486 e. The molecule has 1 aromatic heterocycles. The number of imidazole rings is 1. The number of nitrogens with one attached hydrogen (secondary N) is 1. The second-order valence-corrected chi connectivity index (χ2v) is 5.14. The highest BCUT2D eigenvalue weighted by Gasteiger charge is 2.16. The van der Waals surface area contributed by atoms with Crippen molar-refractivity contribution in [1.29, 1.82) is 0 Å². The number of fused-ring (bicyclic) bond motifs is 2. The summed E-state index contributed by atoms with van der Waals surface area (Å²) in [5.74, 6) is 2.26. The summed E-state index contributed by atoms with van der Waals surface area (Å²) in [6, 6.07) is 9.67. The Morgan fingerprint density at radius 3 is 2.67 bits per heavy atom. The number of aryl methyl sites for hydroxylation is 1. The van der Waals surface area contributed by atoms with Crippen molar-refractivity contribution in [1.82, 2.24) is 9.97 Å². The Bertz CT molecular complexity index is 776. The first kappa shape index (κ1) is 12.1. The Labute approximate surface area is 121 Å². The van der Waals surface area contributed by atoms with E-state index in [1.54, 1.807) is 0 Å². The van der Waals surface area contributed by atoms with E-state index < -0.39 is 0 Å². The Balaban J connectivity index is 1.91. The highest BCUT2D eigenvalue weighted by Crippen LogP contribution is 2.36. The van der Waals surface area contributed by atoms with Gasteiger partial charge in [-0.25, -0.2) is 4.98 Å². The van der Waals surface area contributed by atoms with E-state index in [9.17, 15) is 0 Å². The quantitative estimate of drug-likeness (QED) is 0.673. The van der Waals surface area contributed by atoms with Crippen LogP contribution in [0.4, 0.5) is 5.69 Å². The topological polar surface area (TPSA) is 73.2 Å². The van der Waals surface area contributed by atoms with Crippen LogP contribution >= 0.6 is 0 Å². The van der Waals surface area contributed by atoms with Crippen LogP contribution in [0.3, 0.4) is 0 Å². The lowest BCUT2D eigenvalue weighted by molar-refractivity contribution is 0.172. The van der Waals surface area contributed by atoms with E-state index in [-0.39, 0.29) is 0 Å². The normalized spacial score (nSPS) is 13.6. The Morgan fingerprint density at radius 2 is 1.90 bits per heavy atom. The molecule has 4 rings (SSSR count). The standard InChI is InChI=1S/C16H15N3O2/c1-9-3-2-4-10(17)15(9)16-18-11-7-13-14(8-12(11)19-16)21-6-5-20-13/h2-4,7-8H,5-6,17H2,1H3,(H,18,19). The number of ether oxygens (including phenoxy) is 2. The summed E-state index contributed by atoms with van der Waals surface area (Å²) in [5.41, 5.74) is 10.6. The highest BCUT2D eigenvalue weighted by atomic mass is 16.6. The Kier molecular flexibility index (Phi) is 2.54. The molecule has 0 unspecified atom stereocenters. The first-order valence-electron chi connectivity index (χ1n) is 6.87. The van der Waals surface area contributed by atoms with Crippen LogP contribution in [0.25, 0.3) is 22.4 Å². The van der Waals surface area contributed by atoms with Crippen LogP contribution in [0, 0.1) is 6.92 Å². The van der Waals surface area contributed by atoms with E-state index >= 15 is 0 Å². The lowest BCUT2D eigenvalue weighted by Gasteiger charge is -2.17. The zero-order chi connectivity index (χ0) is 14.4. The fourth-order valence-electron chi connectivity index (χ4n) is 2.68. The van der Waals surface area contributed by atoms with E-state index in [0.29, 0.717) is 18.9 Å². The number of hydrogen-bond acceptors (Lipinski definition) is 4. The Morgan fingerprint density at radius 1 is 1.14 bits per heavy atom. The molecule has 0 bridgehead atoms. The maximum atomic E-state index is 6.09. The molecule has 5 heteroatoms. The van der Waals surface area contributed by atoms with Gasteiger partial charge in [-0.15, -0.1) is 0 Å². The van der Waals surface area contributed by atoms with Gasteiger partial charge in [-0.05, 0) is 18.6 Å². The van der Waals surface area contributed by atoms with Gasteiger partial charge in [0.1, 0.15) is 19.0 Å². The molecule has 21 heavy (non-hydrogen) atoms. The van der Waals surface area contributed by atoms with Gasteiger partial charge in [0.2, 0.25) is 0 Å². The number of hydrogen-bond donors (Lipinski definition) is 2. The van der Waals surface area contributed by atoms with Gasteiger partial charge in [-0.3, -0.25) is 0 Å². The van der Waals surface area contributed by atoms with Crippen LogP contribution in [-0.4, -0.2) is 23.2 Å². The minimum atomic E-state index is 0.570. The number of nitrogen functional groups attached to an aromatic ring is 1. The van der Waals surface area contributed by atoms with E-state index in [0.717, 1.165) is 39.5 Å². The minimum absolute atomic E-state index is 0.570. The van der Waals surface area contributed by atoms with Crippen LogP contribution in [0.5, 0.6) is 11.5 Å². The molecule has 0 radical (unpaired) electrons. The molecular formula is C16H15N3O2. The van der Waals surface area contributed by atoms with Gasteiger partial charge >= 0.3 is 0 Å². The lowest BCUT2D eigenvalue weighted by Crippen LogP contribution is -2.15. The summed E-state index contributed by atoms with van der Waals surface area (Å²) in [6.07, 6.45) is 0. The molecule has 5 nitrogen and oxygen atoms in total. The SMILES string of the molecule is Cc1cccc(N)c1-c1nc2cc3c(cc2[nH]1)OCCO3. The number of aromatic amines is 1. The molecule has 0 saturated carbocycles. The van der Waals surface area contributed by atoms with Crippen LogP contribution in [0.15, 0.2) is 30.3 Å².